The standard InChI is InChI=1S/C25H24O7/c1-27-14-30-17-11-16(12-23(26)29-3)24(22(13-17)31-15-28-2)20-9-6-8-19-18-7-4-5-10-21(18)32-25(19)20/h4-11,13H,12,14-15H2,1-3H3. The van der Waals surface area contributed by atoms with Crippen molar-refractivity contribution in [2.75, 3.05) is 34.9 Å². The number of methoxy groups -OCH3 is 3. The van der Waals surface area contributed by atoms with Crippen LogP contribution in [-0.2, 0) is 25.4 Å². The Bertz CT molecular complexity index is 1240. The summed E-state index contributed by atoms with van der Waals surface area (Å²) in [6, 6.07) is 17.3. The fourth-order valence-electron chi connectivity index (χ4n) is 3.71. The molecule has 0 atom stereocenters. The minimum absolute atomic E-state index is 0.0223. The van der Waals surface area contributed by atoms with Crippen molar-refractivity contribution >= 4 is 27.9 Å². The van der Waals surface area contributed by atoms with Gasteiger partial charge in [0.15, 0.2) is 13.6 Å². The maximum Gasteiger partial charge on any atom is 0.310 e. The highest BCUT2D eigenvalue weighted by Crippen LogP contribution is 2.43. The van der Waals surface area contributed by atoms with Crippen molar-refractivity contribution in [2.24, 2.45) is 0 Å². The molecule has 0 N–H and O–H groups in total. The molecule has 0 saturated carbocycles. The summed E-state index contributed by atoms with van der Waals surface area (Å²) >= 11 is 0. The number of ether oxygens (including phenoxy) is 5. The Morgan fingerprint density at radius 2 is 1.62 bits per heavy atom. The second kappa shape index (κ2) is 9.72. The normalized spacial score (nSPS) is 11.1. The highest BCUT2D eigenvalue weighted by atomic mass is 16.7. The number of furan rings is 1. The van der Waals surface area contributed by atoms with E-state index in [2.05, 4.69) is 0 Å². The summed E-state index contributed by atoms with van der Waals surface area (Å²) in [7, 11) is 4.43. The van der Waals surface area contributed by atoms with Crippen molar-refractivity contribution in [1.29, 1.82) is 0 Å². The lowest BCUT2D eigenvalue weighted by Crippen LogP contribution is -2.09. The Hall–Kier alpha value is -3.55. The Labute approximate surface area is 185 Å². The van der Waals surface area contributed by atoms with Crippen molar-refractivity contribution in [3.05, 3.63) is 60.2 Å². The summed E-state index contributed by atoms with van der Waals surface area (Å²) in [6.07, 6.45) is 0.0238. The van der Waals surface area contributed by atoms with Crippen LogP contribution in [0.25, 0.3) is 33.1 Å². The summed E-state index contributed by atoms with van der Waals surface area (Å²) in [5.41, 5.74) is 3.66. The largest absolute Gasteiger partial charge is 0.469 e. The van der Waals surface area contributed by atoms with Gasteiger partial charge in [-0.05, 0) is 17.7 Å². The zero-order valence-corrected chi connectivity index (χ0v) is 18.2. The molecular formula is C25H24O7. The van der Waals surface area contributed by atoms with Crippen LogP contribution in [0.1, 0.15) is 5.56 Å². The van der Waals surface area contributed by atoms with Crippen LogP contribution in [0.4, 0.5) is 0 Å². The highest BCUT2D eigenvalue weighted by Gasteiger charge is 2.22. The minimum Gasteiger partial charge on any atom is -0.469 e. The van der Waals surface area contributed by atoms with Crippen molar-refractivity contribution in [1.82, 2.24) is 0 Å². The fourth-order valence-corrected chi connectivity index (χ4v) is 3.71. The summed E-state index contributed by atoms with van der Waals surface area (Å²) in [6.45, 7) is 0.0778. The van der Waals surface area contributed by atoms with Crippen LogP contribution in [0, 0.1) is 0 Å². The van der Waals surface area contributed by atoms with E-state index in [0.29, 0.717) is 28.2 Å². The zero-order chi connectivity index (χ0) is 22.5. The number of fused-ring (bicyclic) bond motifs is 3. The van der Waals surface area contributed by atoms with Gasteiger partial charge in [-0.2, -0.15) is 0 Å². The number of hydrogen-bond donors (Lipinski definition) is 0. The SMILES string of the molecule is COCOc1cc(CC(=O)OC)c(-c2cccc3c2oc2ccccc23)c(OCOC)c1. The molecule has 3 aromatic carbocycles. The van der Waals surface area contributed by atoms with Gasteiger partial charge in [0, 0.05) is 42.2 Å². The molecule has 7 heteroatoms. The minimum atomic E-state index is -0.385. The van der Waals surface area contributed by atoms with Crippen LogP contribution in [-0.4, -0.2) is 40.9 Å². The Balaban J connectivity index is 1.97. The third-order valence-corrected chi connectivity index (χ3v) is 5.07. The molecule has 7 nitrogen and oxygen atoms in total. The second-order valence-electron chi connectivity index (χ2n) is 7.09. The Kier molecular flexibility index (Phi) is 6.58. The van der Waals surface area contributed by atoms with Crippen molar-refractivity contribution < 1.29 is 32.9 Å². The molecule has 0 unspecified atom stereocenters. The van der Waals surface area contributed by atoms with E-state index in [-0.39, 0.29) is 26.0 Å². The van der Waals surface area contributed by atoms with E-state index in [9.17, 15) is 4.79 Å². The van der Waals surface area contributed by atoms with Gasteiger partial charge in [-0.3, -0.25) is 4.79 Å². The van der Waals surface area contributed by atoms with Crippen LogP contribution in [0.15, 0.2) is 59.0 Å². The molecule has 0 amide bonds. The quantitative estimate of drug-likeness (QED) is 0.272. The number of carbonyl (C=O) groups is 1. The summed E-state index contributed by atoms with van der Waals surface area (Å²) in [5, 5.41) is 1.98. The number of benzene rings is 3. The van der Waals surface area contributed by atoms with Crippen LogP contribution in [0.2, 0.25) is 0 Å². The topological polar surface area (TPSA) is 76.4 Å². The molecule has 0 aliphatic carbocycles. The van der Waals surface area contributed by atoms with Gasteiger partial charge >= 0.3 is 5.97 Å². The molecule has 0 spiro atoms. The first kappa shape index (κ1) is 21.7. The smallest absolute Gasteiger partial charge is 0.310 e. The molecule has 0 fully saturated rings. The first-order valence-electron chi connectivity index (χ1n) is 10.0. The van der Waals surface area contributed by atoms with Gasteiger partial charge in [-0.25, -0.2) is 0 Å². The molecule has 4 aromatic rings. The van der Waals surface area contributed by atoms with Gasteiger partial charge < -0.3 is 28.1 Å². The number of para-hydroxylation sites is 2. The summed E-state index contributed by atoms with van der Waals surface area (Å²) < 4.78 is 32.8. The van der Waals surface area contributed by atoms with Gasteiger partial charge in [-0.15, -0.1) is 0 Å². The third kappa shape index (κ3) is 4.26. The van der Waals surface area contributed by atoms with Gasteiger partial charge in [0.1, 0.15) is 22.7 Å². The molecule has 166 valence electrons. The fraction of sp³-hybridized carbons (Fsp3) is 0.240. The van der Waals surface area contributed by atoms with E-state index in [1.54, 1.807) is 19.2 Å². The third-order valence-electron chi connectivity index (χ3n) is 5.07. The average Bonchev–Trinajstić information content (AvgIpc) is 3.20. The molecule has 1 heterocycles. The first-order valence-corrected chi connectivity index (χ1v) is 10.0. The van der Waals surface area contributed by atoms with Crippen LogP contribution in [0.5, 0.6) is 11.5 Å². The number of carbonyl (C=O) groups excluding carboxylic acids is 1. The summed E-state index contributed by atoms with van der Waals surface area (Å²) in [4.78, 5) is 12.2. The molecule has 0 saturated heterocycles. The van der Waals surface area contributed by atoms with E-state index in [0.717, 1.165) is 21.9 Å². The lowest BCUT2D eigenvalue weighted by atomic mass is 9.94. The Morgan fingerprint density at radius 1 is 0.875 bits per heavy atom. The highest BCUT2D eigenvalue weighted by molar-refractivity contribution is 6.10. The molecule has 32 heavy (non-hydrogen) atoms. The molecule has 1 aromatic heterocycles. The van der Waals surface area contributed by atoms with Gasteiger partial charge in [0.05, 0.1) is 13.5 Å². The molecule has 0 radical (unpaired) electrons. The first-order chi connectivity index (χ1) is 15.7. The van der Waals surface area contributed by atoms with E-state index >= 15 is 0 Å². The number of hydrogen-bond acceptors (Lipinski definition) is 7. The van der Waals surface area contributed by atoms with E-state index < -0.39 is 0 Å². The maximum absolute atomic E-state index is 12.2. The predicted molar refractivity (Wildman–Crippen MR) is 120 cm³/mol. The monoisotopic (exact) mass is 436 g/mol. The van der Waals surface area contributed by atoms with Crippen molar-refractivity contribution in [3.63, 3.8) is 0 Å². The molecule has 0 aliphatic rings. The van der Waals surface area contributed by atoms with E-state index in [1.165, 1.54) is 14.2 Å². The molecule has 0 bridgehead atoms. The number of rotatable bonds is 9. The van der Waals surface area contributed by atoms with Gasteiger partial charge in [0.25, 0.3) is 0 Å². The lowest BCUT2D eigenvalue weighted by Gasteiger charge is -2.18. The van der Waals surface area contributed by atoms with Crippen LogP contribution < -0.4 is 9.47 Å². The van der Waals surface area contributed by atoms with Gasteiger partial charge in [-0.1, -0.05) is 36.4 Å². The van der Waals surface area contributed by atoms with E-state index in [4.69, 9.17) is 28.1 Å². The van der Waals surface area contributed by atoms with E-state index in [1.807, 2.05) is 42.5 Å². The van der Waals surface area contributed by atoms with Crippen molar-refractivity contribution in [2.45, 2.75) is 6.42 Å². The molecular weight excluding hydrogens is 412 g/mol. The lowest BCUT2D eigenvalue weighted by molar-refractivity contribution is -0.139. The molecule has 4 rings (SSSR count). The van der Waals surface area contributed by atoms with Crippen LogP contribution >= 0.6 is 0 Å². The second-order valence-corrected chi connectivity index (χ2v) is 7.09. The van der Waals surface area contributed by atoms with Crippen LogP contribution in [0.3, 0.4) is 0 Å². The Morgan fingerprint density at radius 3 is 2.41 bits per heavy atom. The predicted octanol–water partition coefficient (Wildman–Crippen LogP) is 4.93. The van der Waals surface area contributed by atoms with Gasteiger partial charge in [0.2, 0.25) is 0 Å². The summed E-state index contributed by atoms with van der Waals surface area (Å²) in [5.74, 6) is 0.606. The zero-order valence-electron chi connectivity index (χ0n) is 18.2. The molecule has 0 aliphatic heterocycles. The maximum atomic E-state index is 12.2. The number of esters is 1. The average molecular weight is 436 g/mol. The van der Waals surface area contributed by atoms with Crippen molar-refractivity contribution in [3.8, 4) is 22.6 Å².